The molecule has 1 atom stereocenters. The molecule has 1 amide bonds. The molecule has 102 valence electrons. The monoisotopic (exact) mass is 252 g/mol. The molecule has 0 saturated carbocycles. The number of amides is 1. The van der Waals surface area contributed by atoms with Crippen LogP contribution in [0.25, 0.3) is 0 Å². The maximum Gasteiger partial charge on any atom is 0.236 e. The first-order valence-corrected chi connectivity index (χ1v) is 6.61. The number of rotatable bonds is 7. The van der Waals surface area contributed by atoms with Gasteiger partial charge in [0.05, 0.1) is 17.8 Å². The van der Waals surface area contributed by atoms with Gasteiger partial charge in [-0.3, -0.25) is 9.48 Å². The molecule has 0 bridgehead atoms. The molecule has 1 heterocycles. The van der Waals surface area contributed by atoms with Crippen molar-refractivity contribution in [3.8, 4) is 0 Å². The Morgan fingerprint density at radius 2 is 2.11 bits per heavy atom. The van der Waals surface area contributed by atoms with Crippen LogP contribution >= 0.6 is 0 Å². The van der Waals surface area contributed by atoms with E-state index < -0.39 is 0 Å². The lowest BCUT2D eigenvalue weighted by molar-refractivity contribution is -0.122. The second kappa shape index (κ2) is 7.16. The van der Waals surface area contributed by atoms with Gasteiger partial charge in [-0.15, -0.1) is 0 Å². The summed E-state index contributed by atoms with van der Waals surface area (Å²) in [5.74, 6) is -0.00516. The quantitative estimate of drug-likeness (QED) is 0.772. The van der Waals surface area contributed by atoms with Gasteiger partial charge in [0.2, 0.25) is 5.91 Å². The summed E-state index contributed by atoms with van der Waals surface area (Å²) in [4.78, 5) is 11.3. The minimum Gasteiger partial charge on any atom is -0.358 e. The van der Waals surface area contributed by atoms with E-state index in [1.54, 1.807) is 7.05 Å². The average molecular weight is 252 g/mol. The Kier molecular flexibility index (Phi) is 5.85. The van der Waals surface area contributed by atoms with Crippen molar-refractivity contribution in [2.45, 2.75) is 52.2 Å². The van der Waals surface area contributed by atoms with E-state index in [0.717, 1.165) is 18.5 Å². The SMILES string of the molecule is CCC(CC)n1ccc(CNC(C)C(=O)NC)n1. The zero-order valence-electron chi connectivity index (χ0n) is 11.7. The number of carbonyl (C=O) groups is 1. The van der Waals surface area contributed by atoms with Crippen LogP contribution in [-0.2, 0) is 11.3 Å². The lowest BCUT2D eigenvalue weighted by Gasteiger charge is -2.13. The highest BCUT2D eigenvalue weighted by molar-refractivity contribution is 5.80. The van der Waals surface area contributed by atoms with Gasteiger partial charge in [-0.2, -0.15) is 5.10 Å². The number of carbonyl (C=O) groups excluding carboxylic acids is 1. The summed E-state index contributed by atoms with van der Waals surface area (Å²) in [5.41, 5.74) is 0.970. The van der Waals surface area contributed by atoms with Crippen molar-refractivity contribution >= 4 is 5.91 Å². The minimum absolute atomic E-state index is 0.00516. The van der Waals surface area contributed by atoms with E-state index in [4.69, 9.17) is 0 Å². The van der Waals surface area contributed by atoms with Crippen molar-refractivity contribution in [1.29, 1.82) is 0 Å². The molecule has 5 heteroatoms. The van der Waals surface area contributed by atoms with Crippen molar-refractivity contribution < 1.29 is 4.79 Å². The Bertz CT molecular complexity index is 371. The third kappa shape index (κ3) is 3.84. The zero-order valence-corrected chi connectivity index (χ0v) is 11.7. The van der Waals surface area contributed by atoms with E-state index in [0.29, 0.717) is 12.6 Å². The number of nitrogens with zero attached hydrogens (tertiary/aromatic N) is 2. The van der Waals surface area contributed by atoms with Crippen LogP contribution in [0.1, 0.15) is 45.3 Å². The van der Waals surface area contributed by atoms with Crippen molar-refractivity contribution in [2.75, 3.05) is 7.05 Å². The number of nitrogens with one attached hydrogen (secondary N) is 2. The van der Waals surface area contributed by atoms with Crippen molar-refractivity contribution in [3.05, 3.63) is 18.0 Å². The van der Waals surface area contributed by atoms with Crippen LogP contribution in [0.15, 0.2) is 12.3 Å². The van der Waals surface area contributed by atoms with E-state index in [1.807, 2.05) is 23.9 Å². The molecule has 18 heavy (non-hydrogen) atoms. The Labute approximate surface area is 109 Å². The van der Waals surface area contributed by atoms with Crippen LogP contribution < -0.4 is 10.6 Å². The highest BCUT2D eigenvalue weighted by Crippen LogP contribution is 2.14. The van der Waals surface area contributed by atoms with Crippen LogP contribution in [0.2, 0.25) is 0 Å². The molecule has 2 N–H and O–H groups in total. The summed E-state index contributed by atoms with van der Waals surface area (Å²) in [7, 11) is 1.64. The molecule has 0 fully saturated rings. The first-order chi connectivity index (χ1) is 8.62. The third-order valence-corrected chi connectivity index (χ3v) is 3.21. The molecule has 0 aliphatic heterocycles. The Morgan fingerprint density at radius 1 is 1.44 bits per heavy atom. The Morgan fingerprint density at radius 3 is 2.67 bits per heavy atom. The molecule has 1 aromatic rings. The predicted molar refractivity (Wildman–Crippen MR) is 72.2 cm³/mol. The molecule has 0 aromatic carbocycles. The molecule has 1 unspecified atom stereocenters. The summed E-state index contributed by atoms with van der Waals surface area (Å²) < 4.78 is 2.02. The first kappa shape index (κ1) is 14.7. The highest BCUT2D eigenvalue weighted by Gasteiger charge is 2.11. The van der Waals surface area contributed by atoms with E-state index >= 15 is 0 Å². The van der Waals surface area contributed by atoms with E-state index in [1.165, 1.54) is 0 Å². The summed E-state index contributed by atoms with van der Waals surface area (Å²) >= 11 is 0. The van der Waals surface area contributed by atoms with E-state index in [2.05, 4.69) is 29.6 Å². The Balaban J connectivity index is 2.51. The fraction of sp³-hybridized carbons (Fsp3) is 0.692. The first-order valence-electron chi connectivity index (χ1n) is 6.61. The second-order valence-corrected chi connectivity index (χ2v) is 4.47. The van der Waals surface area contributed by atoms with Crippen LogP contribution in [0.5, 0.6) is 0 Å². The van der Waals surface area contributed by atoms with Crippen LogP contribution in [-0.4, -0.2) is 28.8 Å². The molecule has 0 aliphatic rings. The molecule has 0 aliphatic carbocycles. The molecule has 1 rings (SSSR count). The number of hydrogen-bond acceptors (Lipinski definition) is 3. The fourth-order valence-electron chi connectivity index (χ4n) is 1.90. The van der Waals surface area contributed by atoms with Gasteiger partial charge < -0.3 is 10.6 Å². The average Bonchev–Trinajstić information content (AvgIpc) is 2.85. The van der Waals surface area contributed by atoms with Crippen LogP contribution in [0, 0.1) is 0 Å². The summed E-state index contributed by atoms with van der Waals surface area (Å²) in [6.07, 6.45) is 4.18. The second-order valence-electron chi connectivity index (χ2n) is 4.47. The summed E-state index contributed by atoms with van der Waals surface area (Å²) in [6.45, 7) is 6.79. The lowest BCUT2D eigenvalue weighted by atomic mass is 10.2. The Hall–Kier alpha value is -1.36. The highest BCUT2D eigenvalue weighted by atomic mass is 16.2. The van der Waals surface area contributed by atoms with Gasteiger partial charge >= 0.3 is 0 Å². The molecular formula is C13H24N4O. The number of aromatic nitrogens is 2. The van der Waals surface area contributed by atoms with Gasteiger partial charge in [0.25, 0.3) is 0 Å². The molecule has 5 nitrogen and oxygen atoms in total. The van der Waals surface area contributed by atoms with Crippen molar-refractivity contribution in [3.63, 3.8) is 0 Å². The van der Waals surface area contributed by atoms with Crippen molar-refractivity contribution in [2.24, 2.45) is 0 Å². The fourth-order valence-corrected chi connectivity index (χ4v) is 1.90. The van der Waals surface area contributed by atoms with E-state index in [9.17, 15) is 4.79 Å². The maximum absolute atomic E-state index is 11.3. The lowest BCUT2D eigenvalue weighted by Crippen LogP contribution is -2.40. The zero-order chi connectivity index (χ0) is 13.5. The smallest absolute Gasteiger partial charge is 0.236 e. The summed E-state index contributed by atoms with van der Waals surface area (Å²) in [5, 5.41) is 10.3. The largest absolute Gasteiger partial charge is 0.358 e. The summed E-state index contributed by atoms with van der Waals surface area (Å²) in [6, 6.07) is 2.27. The van der Waals surface area contributed by atoms with Crippen LogP contribution in [0.4, 0.5) is 0 Å². The van der Waals surface area contributed by atoms with Gasteiger partial charge in [-0.1, -0.05) is 13.8 Å². The van der Waals surface area contributed by atoms with Gasteiger partial charge in [0.1, 0.15) is 0 Å². The van der Waals surface area contributed by atoms with Gasteiger partial charge in [0, 0.05) is 19.8 Å². The molecule has 0 spiro atoms. The van der Waals surface area contributed by atoms with Crippen LogP contribution in [0.3, 0.4) is 0 Å². The topological polar surface area (TPSA) is 59.0 Å². The number of hydrogen-bond donors (Lipinski definition) is 2. The maximum atomic E-state index is 11.3. The van der Waals surface area contributed by atoms with Gasteiger partial charge in [-0.25, -0.2) is 0 Å². The van der Waals surface area contributed by atoms with Gasteiger partial charge in [0.15, 0.2) is 0 Å². The van der Waals surface area contributed by atoms with Gasteiger partial charge in [-0.05, 0) is 25.8 Å². The molecule has 0 saturated heterocycles. The molecule has 0 radical (unpaired) electrons. The standard InChI is InChI=1S/C13H24N4O/c1-5-12(6-2)17-8-7-11(16-17)9-15-10(3)13(18)14-4/h7-8,10,12,15H,5-6,9H2,1-4H3,(H,14,18). The molecule has 1 aromatic heterocycles. The van der Waals surface area contributed by atoms with E-state index in [-0.39, 0.29) is 11.9 Å². The predicted octanol–water partition coefficient (Wildman–Crippen LogP) is 1.47. The third-order valence-electron chi connectivity index (χ3n) is 3.21. The minimum atomic E-state index is -0.201. The van der Waals surface area contributed by atoms with Crippen molar-refractivity contribution in [1.82, 2.24) is 20.4 Å². The number of likely N-dealkylation sites (N-methyl/N-ethyl adjacent to an activating group) is 1. The normalized spacial score (nSPS) is 12.7. The molecular weight excluding hydrogens is 228 g/mol.